The van der Waals surface area contributed by atoms with E-state index in [4.69, 9.17) is 30.3 Å². The maximum absolute atomic E-state index is 12.3. The minimum atomic E-state index is -5.08. The zero-order valence-corrected chi connectivity index (χ0v) is 25.5. The van der Waals surface area contributed by atoms with Gasteiger partial charge in [0.15, 0.2) is 0 Å². The summed E-state index contributed by atoms with van der Waals surface area (Å²) in [7, 11) is 0. The molecule has 3 rings (SSSR count). The van der Waals surface area contributed by atoms with Crippen LogP contribution in [0.3, 0.4) is 0 Å². The first kappa shape index (κ1) is 40.4. The standard InChI is InChI=1S/C25H39N3O4.2C2HF3O2/c1-24-11-5-12-25(2,22(29)30)21(24)10-8-18-7-9-19(17-20(18)24)32-23(31)28-16-6-15-27-14-4-3-13-26;2*3-2(4,5)1(6)7/h7,9,17,21,27H,3-6,8,10-16,26H2,1-2H3,(H,28,31)(H,29,30);2*(H,6,7)/t21-,24-,25+;;/m1../s1. The number of fused-ring (bicyclic) bond motifs is 3. The summed E-state index contributed by atoms with van der Waals surface area (Å²) < 4.78 is 69.0. The highest BCUT2D eigenvalue weighted by atomic mass is 19.4. The van der Waals surface area contributed by atoms with Crippen LogP contribution >= 0.6 is 0 Å². The Kier molecular flexibility index (Phi) is 15.3. The molecule has 1 saturated carbocycles. The van der Waals surface area contributed by atoms with Gasteiger partial charge in [0, 0.05) is 6.54 Å². The Morgan fingerprint density at radius 2 is 1.48 bits per heavy atom. The molecule has 0 aliphatic heterocycles. The van der Waals surface area contributed by atoms with Crippen LogP contribution < -0.4 is 21.1 Å². The van der Waals surface area contributed by atoms with Gasteiger partial charge in [-0.25, -0.2) is 14.4 Å². The van der Waals surface area contributed by atoms with E-state index in [2.05, 4.69) is 17.6 Å². The van der Waals surface area contributed by atoms with Gasteiger partial charge in [-0.1, -0.05) is 19.4 Å². The molecule has 1 fully saturated rings. The summed E-state index contributed by atoms with van der Waals surface area (Å²) in [6.45, 7) is 7.15. The van der Waals surface area contributed by atoms with Gasteiger partial charge in [-0.05, 0) is 106 Å². The second kappa shape index (κ2) is 17.4. The average Bonchev–Trinajstić information content (AvgIpc) is 2.94. The van der Waals surface area contributed by atoms with Crippen LogP contribution in [0.5, 0.6) is 5.75 Å². The Hall–Kier alpha value is -3.60. The molecule has 1 aromatic rings. The van der Waals surface area contributed by atoms with Crippen LogP contribution in [0.15, 0.2) is 18.2 Å². The molecule has 1 amide bonds. The summed E-state index contributed by atoms with van der Waals surface area (Å²) in [6, 6.07) is 5.85. The predicted octanol–water partition coefficient (Wildman–Crippen LogP) is 4.86. The highest BCUT2D eigenvalue weighted by molar-refractivity contribution is 5.76. The molecule has 0 saturated heterocycles. The van der Waals surface area contributed by atoms with Gasteiger partial charge in [0.2, 0.25) is 0 Å². The van der Waals surface area contributed by atoms with Crippen LogP contribution in [0, 0.1) is 11.3 Å². The fourth-order valence-electron chi connectivity index (χ4n) is 5.82. The van der Waals surface area contributed by atoms with Crippen LogP contribution in [-0.4, -0.2) is 77.9 Å². The number of nitrogens with two attached hydrogens (primary N) is 1. The topological polar surface area (TPSA) is 188 Å². The number of rotatable bonds is 10. The van der Waals surface area contributed by atoms with Gasteiger partial charge in [-0.3, -0.25) is 4.79 Å². The maximum atomic E-state index is 12.3. The van der Waals surface area contributed by atoms with Gasteiger partial charge < -0.3 is 36.4 Å². The Bertz CT molecular complexity index is 1170. The minimum absolute atomic E-state index is 0.0789. The summed E-state index contributed by atoms with van der Waals surface area (Å²) in [5.41, 5.74) is 6.94. The molecule has 262 valence electrons. The maximum Gasteiger partial charge on any atom is 0.490 e. The molecule has 2 aliphatic carbocycles. The van der Waals surface area contributed by atoms with E-state index in [0.717, 1.165) is 76.6 Å². The predicted molar refractivity (Wildman–Crippen MR) is 152 cm³/mol. The van der Waals surface area contributed by atoms with E-state index in [9.17, 15) is 41.0 Å². The number of unbranched alkanes of at least 4 members (excludes halogenated alkanes) is 1. The van der Waals surface area contributed by atoms with E-state index in [0.29, 0.717) is 12.3 Å². The number of nitrogens with one attached hydrogen (secondary N) is 2. The van der Waals surface area contributed by atoms with Gasteiger partial charge in [0.1, 0.15) is 5.75 Å². The van der Waals surface area contributed by atoms with Gasteiger partial charge in [-0.2, -0.15) is 26.3 Å². The fraction of sp³-hybridized carbons (Fsp3) is 0.655. The molecule has 0 radical (unpaired) electrons. The number of carboxylic acids is 3. The number of carboxylic acid groups (broad SMARTS) is 3. The van der Waals surface area contributed by atoms with Gasteiger partial charge >= 0.3 is 36.4 Å². The molecule has 2 aliphatic rings. The summed E-state index contributed by atoms with van der Waals surface area (Å²) in [5.74, 6) is -5.61. The number of benzene rings is 1. The quantitative estimate of drug-likeness (QED) is 0.148. The lowest BCUT2D eigenvalue weighted by Gasteiger charge is -2.53. The average molecular weight is 674 g/mol. The van der Waals surface area contributed by atoms with Crippen molar-refractivity contribution in [2.45, 2.75) is 83.0 Å². The molecule has 0 heterocycles. The minimum Gasteiger partial charge on any atom is -0.481 e. The molecule has 7 N–H and O–H groups in total. The first-order valence-corrected chi connectivity index (χ1v) is 14.5. The van der Waals surface area contributed by atoms with Crippen molar-refractivity contribution in [3.05, 3.63) is 29.3 Å². The van der Waals surface area contributed by atoms with Gasteiger partial charge in [0.05, 0.1) is 5.41 Å². The molecule has 0 bridgehead atoms. The van der Waals surface area contributed by atoms with Crippen molar-refractivity contribution in [2.24, 2.45) is 17.1 Å². The second-order valence-corrected chi connectivity index (χ2v) is 11.4. The highest BCUT2D eigenvalue weighted by Gasteiger charge is 2.55. The lowest BCUT2D eigenvalue weighted by molar-refractivity contribution is -0.193. The van der Waals surface area contributed by atoms with Crippen LogP contribution in [0.2, 0.25) is 0 Å². The third kappa shape index (κ3) is 12.0. The van der Waals surface area contributed by atoms with Crippen LogP contribution in [0.1, 0.15) is 69.9 Å². The van der Waals surface area contributed by atoms with E-state index < -0.39 is 41.8 Å². The number of ether oxygens (including phenoxy) is 1. The van der Waals surface area contributed by atoms with Crippen molar-refractivity contribution >= 4 is 24.0 Å². The van der Waals surface area contributed by atoms with Crippen molar-refractivity contribution in [3.8, 4) is 5.75 Å². The van der Waals surface area contributed by atoms with E-state index in [-0.39, 0.29) is 11.3 Å². The monoisotopic (exact) mass is 673 g/mol. The van der Waals surface area contributed by atoms with Crippen molar-refractivity contribution in [1.82, 2.24) is 10.6 Å². The molecular weight excluding hydrogens is 632 g/mol. The fourth-order valence-corrected chi connectivity index (χ4v) is 5.82. The van der Waals surface area contributed by atoms with Crippen molar-refractivity contribution in [2.75, 3.05) is 26.2 Å². The number of hydrogen-bond acceptors (Lipinski definition) is 7. The Morgan fingerprint density at radius 1 is 0.913 bits per heavy atom. The number of halogens is 6. The number of carbonyl (C=O) groups is 4. The third-order valence-electron chi connectivity index (χ3n) is 8.12. The number of amides is 1. The molecule has 46 heavy (non-hydrogen) atoms. The summed E-state index contributed by atoms with van der Waals surface area (Å²) in [4.78, 5) is 42.2. The third-order valence-corrected chi connectivity index (χ3v) is 8.12. The number of alkyl halides is 6. The zero-order valence-electron chi connectivity index (χ0n) is 25.5. The zero-order chi connectivity index (χ0) is 35.3. The summed E-state index contributed by atoms with van der Waals surface area (Å²) >= 11 is 0. The molecule has 1 aromatic carbocycles. The summed E-state index contributed by atoms with van der Waals surface area (Å²) in [5, 5.41) is 30.4. The van der Waals surface area contributed by atoms with E-state index >= 15 is 0 Å². The lowest BCUT2D eigenvalue weighted by Crippen LogP contribution is -2.52. The first-order chi connectivity index (χ1) is 21.2. The number of aliphatic carboxylic acids is 3. The van der Waals surface area contributed by atoms with E-state index in [1.165, 1.54) is 5.56 Å². The van der Waals surface area contributed by atoms with Crippen LogP contribution in [0.25, 0.3) is 0 Å². The molecule has 0 aromatic heterocycles. The smallest absolute Gasteiger partial charge is 0.481 e. The van der Waals surface area contributed by atoms with Crippen molar-refractivity contribution in [3.63, 3.8) is 0 Å². The Balaban J connectivity index is 0.000000629. The Labute approximate surface area is 261 Å². The number of aryl methyl sites for hydroxylation is 1. The summed E-state index contributed by atoms with van der Waals surface area (Å²) in [6.07, 6.45) is -3.39. The Morgan fingerprint density at radius 3 is 2.00 bits per heavy atom. The molecule has 3 atom stereocenters. The first-order valence-electron chi connectivity index (χ1n) is 14.5. The lowest BCUT2D eigenvalue weighted by atomic mass is 9.50. The second-order valence-electron chi connectivity index (χ2n) is 11.4. The van der Waals surface area contributed by atoms with Crippen LogP contribution in [-0.2, 0) is 26.2 Å². The largest absolute Gasteiger partial charge is 0.490 e. The molecule has 11 nitrogen and oxygen atoms in total. The number of carbonyl (C=O) groups excluding carboxylic acids is 1. The molecule has 17 heteroatoms. The van der Waals surface area contributed by atoms with Gasteiger partial charge in [-0.15, -0.1) is 0 Å². The molecule has 0 spiro atoms. The highest BCUT2D eigenvalue weighted by Crippen LogP contribution is 2.57. The molecule has 0 unspecified atom stereocenters. The van der Waals surface area contributed by atoms with Crippen LogP contribution in [0.4, 0.5) is 31.1 Å². The number of hydrogen-bond donors (Lipinski definition) is 6. The van der Waals surface area contributed by atoms with Crippen molar-refractivity contribution < 1.29 is 65.6 Å². The van der Waals surface area contributed by atoms with Crippen molar-refractivity contribution in [1.29, 1.82) is 0 Å². The molecular formula is C29H41F6N3O8. The van der Waals surface area contributed by atoms with E-state index in [1.54, 1.807) is 0 Å². The van der Waals surface area contributed by atoms with Gasteiger partial charge in [0.25, 0.3) is 0 Å². The SMILES string of the molecule is C[C@]1(C(=O)O)CCC[C@]2(C)c3cc(OC(=O)NCCCNCCCCN)ccc3CC[C@@H]12.O=C(O)C(F)(F)F.O=C(O)C(F)(F)F. The van der Waals surface area contributed by atoms with E-state index in [1.807, 2.05) is 25.1 Å². The normalized spacial score (nSPS) is 22.0.